The summed E-state index contributed by atoms with van der Waals surface area (Å²) in [6.45, 7) is 2.64. The lowest BCUT2D eigenvalue weighted by atomic mass is 9.95. The zero-order valence-corrected chi connectivity index (χ0v) is 17.6. The fraction of sp³-hybridized carbons (Fsp3) is 0.217. The van der Waals surface area contributed by atoms with Crippen LogP contribution in [0.15, 0.2) is 36.7 Å². The van der Waals surface area contributed by atoms with Crippen LogP contribution in [-0.4, -0.2) is 24.5 Å². The summed E-state index contributed by atoms with van der Waals surface area (Å²) in [6, 6.07) is 8.56. The number of ether oxygens (including phenoxy) is 1. The highest BCUT2D eigenvalue weighted by Crippen LogP contribution is 2.36. The average Bonchev–Trinajstić information content (AvgIpc) is 3.32. The molecule has 4 heterocycles. The van der Waals surface area contributed by atoms with Gasteiger partial charge in [0.15, 0.2) is 17.3 Å². The lowest BCUT2D eigenvalue weighted by molar-refractivity contribution is 0.307. The Morgan fingerprint density at radius 1 is 1.25 bits per heavy atom. The highest BCUT2D eigenvalue weighted by molar-refractivity contribution is 5.72. The molecule has 0 saturated carbocycles. The molecule has 0 spiro atoms. The van der Waals surface area contributed by atoms with Gasteiger partial charge in [-0.3, -0.25) is 9.36 Å². The molecule has 0 radical (unpaired) electrons. The van der Waals surface area contributed by atoms with Gasteiger partial charge in [0.05, 0.1) is 11.4 Å². The summed E-state index contributed by atoms with van der Waals surface area (Å²) in [5.41, 5.74) is 11.7. The first-order valence-electron chi connectivity index (χ1n) is 10.2. The van der Waals surface area contributed by atoms with E-state index >= 15 is 0 Å². The van der Waals surface area contributed by atoms with Crippen LogP contribution in [0.5, 0.6) is 5.75 Å². The van der Waals surface area contributed by atoms with Crippen molar-refractivity contribution in [2.75, 3.05) is 5.73 Å². The molecular formula is C23H20FN7O. The highest BCUT2D eigenvalue weighted by atomic mass is 19.1. The van der Waals surface area contributed by atoms with Gasteiger partial charge in [-0.05, 0) is 31.2 Å². The summed E-state index contributed by atoms with van der Waals surface area (Å²) in [5, 5.41) is 19.0. The monoisotopic (exact) mass is 429 g/mol. The van der Waals surface area contributed by atoms with E-state index in [1.165, 1.54) is 12.1 Å². The largest absolute Gasteiger partial charge is 0.485 e. The number of hydrogen-bond donors (Lipinski definition) is 1. The summed E-state index contributed by atoms with van der Waals surface area (Å²) in [6.07, 6.45) is 3.99. The third-order valence-electron chi connectivity index (χ3n) is 5.59. The van der Waals surface area contributed by atoms with Gasteiger partial charge < -0.3 is 10.5 Å². The zero-order chi connectivity index (χ0) is 22.4. The van der Waals surface area contributed by atoms with Crippen LogP contribution in [0.25, 0.3) is 22.5 Å². The van der Waals surface area contributed by atoms with Crippen molar-refractivity contribution in [3.05, 3.63) is 64.9 Å². The van der Waals surface area contributed by atoms with E-state index in [4.69, 9.17) is 10.5 Å². The Hall–Kier alpha value is -4.19. The van der Waals surface area contributed by atoms with Gasteiger partial charge in [-0.15, -0.1) is 0 Å². The maximum atomic E-state index is 14.1. The minimum absolute atomic E-state index is 0.0990. The average molecular weight is 429 g/mol. The van der Waals surface area contributed by atoms with Gasteiger partial charge >= 0.3 is 0 Å². The van der Waals surface area contributed by atoms with Gasteiger partial charge in [0.25, 0.3) is 0 Å². The summed E-state index contributed by atoms with van der Waals surface area (Å²) in [4.78, 5) is 4.30. The van der Waals surface area contributed by atoms with E-state index < -0.39 is 0 Å². The Kier molecular flexibility index (Phi) is 4.63. The number of halogens is 1. The molecule has 32 heavy (non-hydrogen) atoms. The molecule has 0 fully saturated rings. The summed E-state index contributed by atoms with van der Waals surface area (Å²) < 4.78 is 23.6. The first kappa shape index (κ1) is 19.8. The van der Waals surface area contributed by atoms with Crippen molar-refractivity contribution in [1.82, 2.24) is 24.5 Å². The van der Waals surface area contributed by atoms with Crippen LogP contribution in [0, 0.1) is 17.1 Å². The predicted octanol–water partition coefficient (Wildman–Crippen LogP) is 3.44. The van der Waals surface area contributed by atoms with Crippen molar-refractivity contribution >= 4 is 5.82 Å². The molecule has 0 unspecified atom stereocenters. The van der Waals surface area contributed by atoms with E-state index in [-0.39, 0.29) is 18.2 Å². The zero-order valence-electron chi connectivity index (χ0n) is 17.6. The molecule has 0 amide bonds. The van der Waals surface area contributed by atoms with E-state index in [1.807, 2.05) is 20.2 Å². The van der Waals surface area contributed by atoms with Gasteiger partial charge in [0, 0.05) is 60.2 Å². The number of nitrogens with two attached hydrogens (primary N) is 1. The van der Waals surface area contributed by atoms with Crippen molar-refractivity contribution in [3.8, 4) is 34.3 Å². The number of nitrogen functional groups attached to an aromatic ring is 1. The molecular weight excluding hydrogens is 409 g/mol. The predicted molar refractivity (Wildman–Crippen MR) is 116 cm³/mol. The minimum Gasteiger partial charge on any atom is -0.485 e. The summed E-state index contributed by atoms with van der Waals surface area (Å²) >= 11 is 0. The first-order valence-corrected chi connectivity index (χ1v) is 10.2. The molecule has 3 aromatic heterocycles. The van der Waals surface area contributed by atoms with Crippen LogP contribution < -0.4 is 10.5 Å². The number of fused-ring (bicyclic) bond motifs is 7. The molecule has 2 bridgehead atoms. The highest BCUT2D eigenvalue weighted by Gasteiger charge is 2.24. The number of rotatable bonds is 1. The second kappa shape index (κ2) is 7.50. The Balaban J connectivity index is 1.83. The third kappa shape index (κ3) is 3.17. The van der Waals surface area contributed by atoms with E-state index in [1.54, 1.807) is 27.7 Å². The molecule has 5 rings (SSSR count). The van der Waals surface area contributed by atoms with Crippen LogP contribution in [0.3, 0.4) is 0 Å². The Labute approximate surface area is 183 Å². The number of anilines is 1. The van der Waals surface area contributed by atoms with Gasteiger partial charge in [-0.25, -0.2) is 9.37 Å². The molecule has 0 saturated heterocycles. The quantitative estimate of drug-likeness (QED) is 0.497. The van der Waals surface area contributed by atoms with Gasteiger partial charge in [-0.2, -0.15) is 15.5 Å². The molecule has 160 valence electrons. The van der Waals surface area contributed by atoms with Gasteiger partial charge in [-0.1, -0.05) is 0 Å². The van der Waals surface area contributed by atoms with Crippen molar-refractivity contribution in [1.29, 1.82) is 5.26 Å². The number of hydrogen-bond acceptors (Lipinski definition) is 6. The van der Waals surface area contributed by atoms with E-state index in [0.29, 0.717) is 35.7 Å². The maximum absolute atomic E-state index is 14.1. The molecule has 1 aromatic carbocycles. The number of nitrogens with zero attached hydrogens (tertiary/aromatic N) is 6. The van der Waals surface area contributed by atoms with E-state index in [9.17, 15) is 9.65 Å². The summed E-state index contributed by atoms with van der Waals surface area (Å²) in [7, 11) is 1.83. The van der Waals surface area contributed by atoms with Crippen molar-refractivity contribution in [2.45, 2.75) is 26.5 Å². The fourth-order valence-electron chi connectivity index (χ4n) is 4.16. The maximum Gasteiger partial charge on any atom is 0.166 e. The molecule has 0 atom stereocenters. The smallest absolute Gasteiger partial charge is 0.166 e. The summed E-state index contributed by atoms with van der Waals surface area (Å²) in [5.74, 6) is 0.245. The normalized spacial score (nSPS) is 12.4. The second-order valence-corrected chi connectivity index (χ2v) is 7.65. The molecule has 0 aliphatic carbocycles. The van der Waals surface area contributed by atoms with Crippen LogP contribution in [0.1, 0.15) is 29.3 Å². The first-order chi connectivity index (χ1) is 15.5. The topological polar surface area (TPSA) is 108 Å². The minimum atomic E-state index is -0.366. The van der Waals surface area contributed by atoms with Gasteiger partial charge in [0.1, 0.15) is 18.5 Å². The van der Waals surface area contributed by atoms with Gasteiger partial charge in [0.2, 0.25) is 0 Å². The molecule has 8 nitrogen and oxygen atoms in total. The second-order valence-electron chi connectivity index (χ2n) is 7.65. The van der Waals surface area contributed by atoms with Crippen molar-refractivity contribution in [3.63, 3.8) is 0 Å². The van der Waals surface area contributed by atoms with Crippen LogP contribution in [0.4, 0.5) is 10.2 Å². The van der Waals surface area contributed by atoms with Crippen molar-refractivity contribution in [2.24, 2.45) is 7.05 Å². The fourth-order valence-corrected chi connectivity index (χ4v) is 4.16. The van der Waals surface area contributed by atoms with E-state index in [2.05, 4.69) is 21.3 Å². The number of nitriles is 1. The number of aryl methyl sites for hydroxylation is 2. The Bertz CT molecular complexity index is 1400. The van der Waals surface area contributed by atoms with Crippen LogP contribution >= 0.6 is 0 Å². The molecule has 2 N–H and O–H groups in total. The Morgan fingerprint density at radius 3 is 2.88 bits per heavy atom. The third-order valence-corrected chi connectivity index (χ3v) is 5.59. The van der Waals surface area contributed by atoms with Crippen LogP contribution in [0.2, 0.25) is 0 Å². The lowest BCUT2D eigenvalue weighted by Crippen LogP contribution is -2.06. The number of pyridine rings is 1. The standard InChI is InChI=1S/C23H20FN7O/c1-3-31-22-13-8-20(23(26)27-10-13)32-12-15-6-16(24)4-5-17(15)21-14(11-30(2)29-21)7-18(22)19(9-25)28-31/h4-6,8,10-11H,3,7,12H2,1-2H3,(H2,26,27). The van der Waals surface area contributed by atoms with E-state index in [0.717, 1.165) is 27.9 Å². The molecule has 1 aliphatic heterocycles. The van der Waals surface area contributed by atoms with Crippen LogP contribution in [-0.2, 0) is 26.6 Å². The lowest BCUT2D eigenvalue weighted by Gasteiger charge is -2.16. The number of benzene rings is 1. The Morgan fingerprint density at radius 2 is 2.09 bits per heavy atom. The molecule has 4 aromatic rings. The molecule has 9 heteroatoms. The molecule has 1 aliphatic rings. The number of aromatic nitrogens is 5. The van der Waals surface area contributed by atoms with Crippen molar-refractivity contribution < 1.29 is 9.13 Å². The SMILES string of the molecule is CCn1nc(C#N)c2c1-c1cnc(N)c(c1)OCc1cc(F)ccc1-c1nn(C)cc1C2.